The quantitative estimate of drug-likeness (QED) is 0.776. The van der Waals surface area contributed by atoms with Crippen LogP contribution >= 0.6 is 23.7 Å². The number of nitrogens with two attached hydrogens (primary N) is 1. The van der Waals surface area contributed by atoms with Crippen molar-refractivity contribution in [2.45, 2.75) is 43.9 Å². The van der Waals surface area contributed by atoms with E-state index in [0.29, 0.717) is 6.42 Å². The molecule has 0 bridgehead atoms. The zero-order valence-electron chi connectivity index (χ0n) is 13.8. The summed E-state index contributed by atoms with van der Waals surface area (Å²) in [5.41, 5.74) is 7.56. The highest BCUT2D eigenvalue weighted by molar-refractivity contribution is 7.10. The summed E-state index contributed by atoms with van der Waals surface area (Å²) in [5, 5.41) is 5.32. The number of anilines is 1. The number of thiophene rings is 1. The van der Waals surface area contributed by atoms with Gasteiger partial charge in [0.2, 0.25) is 5.91 Å². The van der Waals surface area contributed by atoms with Gasteiger partial charge in [-0.1, -0.05) is 37.5 Å². The van der Waals surface area contributed by atoms with Crippen molar-refractivity contribution in [1.29, 1.82) is 0 Å². The number of hydrogen-bond acceptors (Lipinski definition) is 3. The molecule has 1 aliphatic rings. The lowest BCUT2D eigenvalue weighted by Gasteiger charge is -2.36. The predicted molar refractivity (Wildman–Crippen MR) is 104 cm³/mol. The van der Waals surface area contributed by atoms with Gasteiger partial charge in [0.15, 0.2) is 0 Å². The van der Waals surface area contributed by atoms with Gasteiger partial charge in [-0.05, 0) is 42.0 Å². The standard InChI is InChI=1S/C19H24N2OS.ClH/c20-16-8-6-15(7-9-16)13-18(22)21-14-19(10-2-1-3-11-19)17-5-4-12-23-17;/h4-9,12H,1-3,10-11,13-14,20H2,(H,21,22);1H. The van der Waals surface area contributed by atoms with E-state index in [9.17, 15) is 4.79 Å². The van der Waals surface area contributed by atoms with Crippen LogP contribution in [0.1, 0.15) is 42.5 Å². The minimum Gasteiger partial charge on any atom is -0.399 e. The van der Waals surface area contributed by atoms with E-state index in [1.54, 1.807) is 0 Å². The van der Waals surface area contributed by atoms with Gasteiger partial charge in [-0.15, -0.1) is 23.7 Å². The van der Waals surface area contributed by atoms with Crippen LogP contribution < -0.4 is 11.1 Å². The summed E-state index contributed by atoms with van der Waals surface area (Å²) in [6, 6.07) is 11.9. The van der Waals surface area contributed by atoms with E-state index < -0.39 is 0 Å². The number of rotatable bonds is 5. The van der Waals surface area contributed by atoms with Crippen LogP contribution in [-0.4, -0.2) is 12.5 Å². The molecule has 3 rings (SSSR count). The molecule has 0 saturated heterocycles. The lowest BCUT2D eigenvalue weighted by atomic mass is 9.73. The van der Waals surface area contributed by atoms with Crippen molar-refractivity contribution in [2.75, 3.05) is 12.3 Å². The molecule has 1 heterocycles. The molecule has 2 aromatic rings. The Balaban J connectivity index is 0.00000208. The third-order valence-corrected chi connectivity index (χ3v) is 5.94. The molecule has 0 unspecified atom stereocenters. The van der Waals surface area contributed by atoms with Gasteiger partial charge in [0.25, 0.3) is 0 Å². The summed E-state index contributed by atoms with van der Waals surface area (Å²) in [5.74, 6) is 0.0938. The lowest BCUT2D eigenvalue weighted by Crippen LogP contribution is -2.42. The van der Waals surface area contributed by atoms with Crippen LogP contribution in [0.3, 0.4) is 0 Å². The van der Waals surface area contributed by atoms with Crippen LogP contribution in [0.2, 0.25) is 0 Å². The molecule has 3 nitrogen and oxygen atoms in total. The second kappa shape index (κ2) is 8.54. The number of carbonyl (C=O) groups excluding carboxylic acids is 1. The molecule has 0 radical (unpaired) electrons. The molecule has 1 aliphatic carbocycles. The summed E-state index contributed by atoms with van der Waals surface area (Å²) >= 11 is 1.82. The molecule has 130 valence electrons. The van der Waals surface area contributed by atoms with Crippen LogP contribution in [0.5, 0.6) is 0 Å². The Bertz CT molecular complexity index is 634. The van der Waals surface area contributed by atoms with Gasteiger partial charge in [-0.25, -0.2) is 0 Å². The maximum absolute atomic E-state index is 12.3. The second-order valence-electron chi connectivity index (χ2n) is 6.51. The fourth-order valence-electron chi connectivity index (χ4n) is 3.47. The first-order valence-corrected chi connectivity index (χ1v) is 9.21. The largest absolute Gasteiger partial charge is 0.399 e. The maximum atomic E-state index is 12.3. The summed E-state index contributed by atoms with van der Waals surface area (Å²) in [7, 11) is 0. The summed E-state index contributed by atoms with van der Waals surface area (Å²) in [4.78, 5) is 13.7. The molecule has 3 N–H and O–H groups in total. The molecule has 0 aliphatic heterocycles. The van der Waals surface area contributed by atoms with Crippen molar-refractivity contribution < 1.29 is 4.79 Å². The molecule has 1 amide bonds. The van der Waals surface area contributed by atoms with Gasteiger partial charge in [0.1, 0.15) is 0 Å². The molecule has 0 atom stereocenters. The van der Waals surface area contributed by atoms with Gasteiger partial charge < -0.3 is 11.1 Å². The maximum Gasteiger partial charge on any atom is 0.224 e. The number of nitrogen functional groups attached to an aromatic ring is 1. The van der Waals surface area contributed by atoms with Crippen LogP contribution in [0.25, 0.3) is 0 Å². The van der Waals surface area contributed by atoms with E-state index in [0.717, 1.165) is 17.8 Å². The van der Waals surface area contributed by atoms with Gasteiger partial charge >= 0.3 is 0 Å². The van der Waals surface area contributed by atoms with E-state index in [2.05, 4.69) is 22.8 Å². The van der Waals surface area contributed by atoms with Crippen molar-refractivity contribution in [3.63, 3.8) is 0 Å². The summed E-state index contributed by atoms with van der Waals surface area (Å²) < 4.78 is 0. The zero-order chi connectivity index (χ0) is 16.1. The number of amides is 1. The van der Waals surface area contributed by atoms with Crippen LogP contribution in [0.15, 0.2) is 41.8 Å². The fourth-order valence-corrected chi connectivity index (χ4v) is 4.46. The number of hydrogen-bond donors (Lipinski definition) is 2. The Labute approximate surface area is 154 Å². The number of benzene rings is 1. The number of halogens is 1. The van der Waals surface area contributed by atoms with E-state index in [-0.39, 0.29) is 23.7 Å². The first-order valence-electron chi connectivity index (χ1n) is 8.33. The van der Waals surface area contributed by atoms with Crippen molar-refractivity contribution in [2.24, 2.45) is 0 Å². The molecule has 1 fully saturated rings. The molecule has 24 heavy (non-hydrogen) atoms. The molecule has 0 spiro atoms. The van der Waals surface area contributed by atoms with Gasteiger partial charge in [-0.2, -0.15) is 0 Å². The Hall–Kier alpha value is -1.52. The first kappa shape index (κ1) is 18.8. The Morgan fingerprint density at radius 3 is 2.46 bits per heavy atom. The third kappa shape index (κ3) is 4.52. The molecule has 1 saturated carbocycles. The molecule has 1 aromatic carbocycles. The Kier molecular flexibility index (Phi) is 6.69. The van der Waals surface area contributed by atoms with Crippen molar-refractivity contribution in [1.82, 2.24) is 5.32 Å². The van der Waals surface area contributed by atoms with Crippen LogP contribution in [-0.2, 0) is 16.6 Å². The van der Waals surface area contributed by atoms with Gasteiger partial charge in [0.05, 0.1) is 6.42 Å². The number of carbonyl (C=O) groups is 1. The SMILES string of the molecule is Cl.Nc1ccc(CC(=O)NCC2(c3cccs3)CCCCC2)cc1. The smallest absolute Gasteiger partial charge is 0.224 e. The van der Waals surface area contributed by atoms with Crippen molar-refractivity contribution in [3.8, 4) is 0 Å². The zero-order valence-corrected chi connectivity index (χ0v) is 15.4. The minimum absolute atomic E-state index is 0. The highest BCUT2D eigenvalue weighted by Gasteiger charge is 2.35. The lowest BCUT2D eigenvalue weighted by molar-refractivity contribution is -0.120. The molecular weight excluding hydrogens is 340 g/mol. The highest BCUT2D eigenvalue weighted by Crippen LogP contribution is 2.41. The van der Waals surface area contributed by atoms with E-state index in [4.69, 9.17) is 5.73 Å². The Morgan fingerprint density at radius 2 is 1.83 bits per heavy atom. The number of nitrogens with one attached hydrogen (secondary N) is 1. The summed E-state index contributed by atoms with van der Waals surface area (Å²) in [6.45, 7) is 0.751. The predicted octanol–water partition coefficient (Wildman–Crippen LogP) is 4.31. The summed E-state index contributed by atoms with van der Waals surface area (Å²) in [6.07, 6.45) is 6.59. The van der Waals surface area contributed by atoms with Gasteiger partial charge in [0, 0.05) is 22.5 Å². The third-order valence-electron chi connectivity index (χ3n) is 4.82. The fraction of sp³-hybridized carbons (Fsp3) is 0.421. The Morgan fingerprint density at radius 1 is 1.12 bits per heavy atom. The molecular formula is C19H25ClN2OS. The molecule has 1 aromatic heterocycles. The van der Waals surface area contributed by atoms with Gasteiger partial charge in [-0.3, -0.25) is 4.79 Å². The van der Waals surface area contributed by atoms with Crippen molar-refractivity contribution in [3.05, 3.63) is 52.2 Å². The first-order chi connectivity index (χ1) is 11.2. The topological polar surface area (TPSA) is 55.1 Å². The van der Waals surface area contributed by atoms with E-state index >= 15 is 0 Å². The second-order valence-corrected chi connectivity index (χ2v) is 7.46. The molecule has 5 heteroatoms. The van der Waals surface area contributed by atoms with E-state index in [1.807, 2.05) is 35.6 Å². The van der Waals surface area contributed by atoms with Crippen LogP contribution in [0.4, 0.5) is 5.69 Å². The monoisotopic (exact) mass is 364 g/mol. The van der Waals surface area contributed by atoms with E-state index in [1.165, 1.54) is 37.0 Å². The average Bonchev–Trinajstić information content (AvgIpc) is 3.11. The average molecular weight is 365 g/mol. The highest BCUT2D eigenvalue weighted by atomic mass is 35.5. The normalized spacial score (nSPS) is 16.2. The van der Waals surface area contributed by atoms with Crippen molar-refractivity contribution >= 4 is 35.3 Å². The minimum atomic E-state index is 0. The van der Waals surface area contributed by atoms with Crippen LogP contribution in [0, 0.1) is 0 Å².